The van der Waals surface area contributed by atoms with Gasteiger partial charge in [-0.05, 0) is 103 Å². The number of rotatable bonds is 6. The van der Waals surface area contributed by atoms with E-state index in [4.69, 9.17) is 0 Å². The first-order chi connectivity index (χ1) is 17.2. The van der Waals surface area contributed by atoms with E-state index >= 15 is 0 Å². The monoisotopic (exact) mass is 498 g/mol. The Morgan fingerprint density at radius 3 is 2.36 bits per heavy atom. The highest BCUT2D eigenvalue weighted by Gasteiger charge is 2.31. The van der Waals surface area contributed by atoms with Crippen LogP contribution in [0.5, 0.6) is 5.75 Å². The molecule has 6 heteroatoms. The molecular weight excluding hydrogens is 471 g/mol. The molecule has 0 spiro atoms. The van der Waals surface area contributed by atoms with Crippen LogP contribution < -0.4 is 4.74 Å². The Labute approximate surface area is 208 Å². The summed E-state index contributed by atoms with van der Waals surface area (Å²) in [5, 5.41) is 0. The number of hydrogen-bond donors (Lipinski definition) is 0. The molecule has 0 N–H and O–H groups in total. The number of aryl methyl sites for hydroxylation is 2. The summed E-state index contributed by atoms with van der Waals surface area (Å²) in [7, 11) is 0. The fraction of sp³-hybridized carbons (Fsp3) is 0.333. The van der Waals surface area contributed by atoms with Crippen LogP contribution in [0.4, 0.5) is 22.0 Å². The van der Waals surface area contributed by atoms with Crippen LogP contribution in [0.1, 0.15) is 71.9 Å². The van der Waals surface area contributed by atoms with E-state index in [2.05, 4.69) is 23.5 Å². The molecule has 0 radical (unpaired) electrons. The maximum Gasteiger partial charge on any atom is 0.573 e. The Morgan fingerprint density at radius 2 is 1.67 bits per heavy atom. The molecule has 1 aliphatic carbocycles. The summed E-state index contributed by atoms with van der Waals surface area (Å²) in [5.41, 5.74) is 4.21. The van der Waals surface area contributed by atoms with E-state index in [1.807, 2.05) is 12.1 Å². The molecule has 0 saturated heterocycles. The van der Waals surface area contributed by atoms with Crippen LogP contribution in [-0.2, 0) is 19.3 Å². The van der Waals surface area contributed by atoms with Gasteiger partial charge in [0, 0.05) is 5.56 Å². The number of benzene rings is 3. The maximum atomic E-state index is 14.9. The smallest absolute Gasteiger partial charge is 0.406 e. The molecule has 188 valence electrons. The van der Waals surface area contributed by atoms with Gasteiger partial charge in [0.15, 0.2) is 0 Å². The van der Waals surface area contributed by atoms with Gasteiger partial charge in [-0.15, -0.1) is 13.2 Å². The van der Waals surface area contributed by atoms with Gasteiger partial charge in [-0.2, -0.15) is 0 Å². The summed E-state index contributed by atoms with van der Waals surface area (Å²) < 4.78 is 70.4. The second-order valence-electron chi connectivity index (χ2n) is 9.18. The van der Waals surface area contributed by atoms with Crippen molar-refractivity contribution in [2.75, 3.05) is 0 Å². The molecule has 1 unspecified atom stereocenters. The quantitative estimate of drug-likeness (QED) is 0.189. The Kier molecular flexibility index (Phi) is 7.98. The van der Waals surface area contributed by atoms with Crippen LogP contribution in [0.25, 0.3) is 0 Å². The lowest BCUT2D eigenvalue weighted by Crippen LogP contribution is -2.16. The number of ether oxygens (including phenoxy) is 1. The van der Waals surface area contributed by atoms with Crippen LogP contribution in [-0.4, -0.2) is 6.36 Å². The van der Waals surface area contributed by atoms with Crippen LogP contribution in [0.3, 0.4) is 0 Å². The summed E-state index contributed by atoms with van der Waals surface area (Å²) in [5.74, 6) is 4.56. The highest BCUT2D eigenvalue weighted by atomic mass is 19.4. The first-order valence-corrected chi connectivity index (χ1v) is 12.2. The molecule has 1 nitrogen and oxygen atoms in total. The van der Waals surface area contributed by atoms with E-state index in [0.717, 1.165) is 60.9 Å². The average Bonchev–Trinajstić information content (AvgIpc) is 2.83. The van der Waals surface area contributed by atoms with Gasteiger partial charge in [0.2, 0.25) is 0 Å². The normalized spacial score (nSPS) is 15.1. The lowest BCUT2D eigenvalue weighted by atomic mass is 9.79. The molecule has 0 amide bonds. The van der Waals surface area contributed by atoms with Crippen LogP contribution >= 0.6 is 0 Å². The second-order valence-corrected chi connectivity index (χ2v) is 9.18. The van der Waals surface area contributed by atoms with Gasteiger partial charge in [0.05, 0.1) is 5.56 Å². The van der Waals surface area contributed by atoms with E-state index in [-0.39, 0.29) is 23.0 Å². The lowest BCUT2D eigenvalue weighted by molar-refractivity contribution is -0.274. The summed E-state index contributed by atoms with van der Waals surface area (Å²) in [6, 6.07) is 13.8. The van der Waals surface area contributed by atoms with Gasteiger partial charge < -0.3 is 4.74 Å². The number of unbranched alkanes of at least 4 members (excludes halogenated alkanes) is 2. The van der Waals surface area contributed by atoms with E-state index in [0.29, 0.717) is 24.0 Å². The first kappa shape index (κ1) is 25.8. The summed E-state index contributed by atoms with van der Waals surface area (Å²) in [6.45, 7) is 2.14. The third kappa shape index (κ3) is 6.66. The summed E-state index contributed by atoms with van der Waals surface area (Å²) in [6.07, 6.45) is 1.43. The Bertz CT molecular complexity index is 1270. The van der Waals surface area contributed by atoms with Gasteiger partial charge in [-0.25, -0.2) is 8.78 Å². The molecule has 3 aromatic carbocycles. The number of alkyl halides is 3. The fourth-order valence-electron chi connectivity index (χ4n) is 4.66. The Balaban J connectivity index is 1.46. The van der Waals surface area contributed by atoms with Crippen molar-refractivity contribution in [1.82, 2.24) is 0 Å². The molecule has 0 bridgehead atoms. The van der Waals surface area contributed by atoms with Crippen molar-refractivity contribution in [3.63, 3.8) is 0 Å². The molecule has 4 rings (SSSR count). The zero-order valence-corrected chi connectivity index (χ0v) is 20.0. The van der Waals surface area contributed by atoms with Crippen molar-refractivity contribution < 1.29 is 26.7 Å². The average molecular weight is 499 g/mol. The van der Waals surface area contributed by atoms with Crippen molar-refractivity contribution >= 4 is 0 Å². The number of halogens is 5. The van der Waals surface area contributed by atoms with Crippen LogP contribution in [0, 0.1) is 23.5 Å². The zero-order chi connectivity index (χ0) is 25.7. The summed E-state index contributed by atoms with van der Waals surface area (Å²) >= 11 is 0. The van der Waals surface area contributed by atoms with Crippen molar-refractivity contribution in [1.29, 1.82) is 0 Å². The highest BCUT2D eigenvalue weighted by Crippen LogP contribution is 2.35. The molecule has 0 heterocycles. The van der Waals surface area contributed by atoms with Crippen molar-refractivity contribution in [2.45, 2.75) is 64.1 Å². The topological polar surface area (TPSA) is 9.23 Å². The van der Waals surface area contributed by atoms with Crippen molar-refractivity contribution in [3.05, 3.63) is 99.6 Å². The van der Waals surface area contributed by atoms with E-state index in [9.17, 15) is 22.0 Å². The van der Waals surface area contributed by atoms with Gasteiger partial charge in [0.1, 0.15) is 17.4 Å². The molecule has 0 aliphatic heterocycles. The van der Waals surface area contributed by atoms with Gasteiger partial charge in [0.25, 0.3) is 0 Å². The molecule has 1 atom stereocenters. The van der Waals surface area contributed by atoms with Crippen LogP contribution in [0.2, 0.25) is 0 Å². The SMILES string of the molecule is CCCCCc1ccc(C2CCc3cc(C#Cc4ccc(OC(F)(F)F)cc4)c(F)cc3C2)c(F)c1. The Morgan fingerprint density at radius 1 is 0.889 bits per heavy atom. The third-order valence-corrected chi connectivity index (χ3v) is 6.52. The number of hydrogen-bond acceptors (Lipinski definition) is 1. The Hall–Kier alpha value is -3.33. The van der Waals surface area contributed by atoms with Gasteiger partial charge in [-0.3, -0.25) is 0 Å². The lowest BCUT2D eigenvalue weighted by Gasteiger charge is -2.26. The predicted molar refractivity (Wildman–Crippen MR) is 130 cm³/mol. The maximum absolute atomic E-state index is 14.9. The molecule has 1 aliphatic rings. The predicted octanol–water partition coefficient (Wildman–Crippen LogP) is 8.27. The first-order valence-electron chi connectivity index (χ1n) is 12.2. The minimum Gasteiger partial charge on any atom is -0.406 e. The van der Waals surface area contributed by atoms with E-state index < -0.39 is 12.2 Å². The number of fused-ring (bicyclic) bond motifs is 1. The second kappa shape index (κ2) is 11.2. The van der Waals surface area contributed by atoms with Gasteiger partial charge >= 0.3 is 6.36 Å². The minimum absolute atomic E-state index is 0.00374. The minimum atomic E-state index is -4.76. The zero-order valence-electron chi connectivity index (χ0n) is 20.0. The van der Waals surface area contributed by atoms with Crippen molar-refractivity contribution in [3.8, 4) is 17.6 Å². The van der Waals surface area contributed by atoms with E-state index in [1.54, 1.807) is 12.1 Å². The van der Waals surface area contributed by atoms with Crippen molar-refractivity contribution in [2.24, 2.45) is 0 Å². The molecule has 0 aromatic heterocycles. The highest BCUT2D eigenvalue weighted by molar-refractivity contribution is 5.48. The van der Waals surface area contributed by atoms with E-state index in [1.165, 1.54) is 18.2 Å². The standard InChI is InChI=1S/C30H27F5O/c1-2-3-4-5-21-9-15-27(29(32)16-21)23-12-11-22-17-24(28(31)19-25(22)18-23)10-6-20-7-13-26(14-8-20)36-30(33,34)35/h7-9,13-17,19,23H,2-5,11-12,18H2,1H3. The summed E-state index contributed by atoms with van der Waals surface area (Å²) in [4.78, 5) is 0. The molecule has 3 aromatic rings. The fourth-order valence-corrected chi connectivity index (χ4v) is 4.66. The molecule has 36 heavy (non-hydrogen) atoms. The van der Waals surface area contributed by atoms with Gasteiger partial charge in [-0.1, -0.05) is 43.7 Å². The molecule has 0 fully saturated rings. The largest absolute Gasteiger partial charge is 0.573 e. The molecular formula is C30H27F5O. The third-order valence-electron chi connectivity index (χ3n) is 6.52. The van der Waals surface area contributed by atoms with Crippen LogP contribution in [0.15, 0.2) is 54.6 Å². The molecule has 0 saturated carbocycles.